The van der Waals surface area contributed by atoms with E-state index in [9.17, 15) is 4.79 Å². The van der Waals surface area contributed by atoms with Crippen LogP contribution in [0.15, 0.2) is 12.3 Å². The van der Waals surface area contributed by atoms with E-state index < -0.39 is 6.09 Å². The van der Waals surface area contributed by atoms with Crippen molar-refractivity contribution in [2.45, 2.75) is 0 Å². The van der Waals surface area contributed by atoms with Crippen LogP contribution in [0.25, 0.3) is 0 Å². The Bertz CT molecular complexity index is 410. The molecule has 1 aromatic heterocycles. The standard InChI is InChI=1S/C9H10ClN3O2/c1-12-2-3-13(9(14)15)7-5-11-8(10)4-6(7)12/h4-5H,2-3H2,1H3,(H,14,15). The molecule has 80 valence electrons. The Morgan fingerprint density at radius 3 is 2.93 bits per heavy atom. The van der Waals surface area contributed by atoms with Crippen LogP contribution in [0.5, 0.6) is 0 Å². The summed E-state index contributed by atoms with van der Waals surface area (Å²) in [5.74, 6) is 0. The first-order chi connectivity index (χ1) is 7.09. The zero-order valence-corrected chi connectivity index (χ0v) is 8.90. The van der Waals surface area contributed by atoms with E-state index in [1.165, 1.54) is 11.1 Å². The molecule has 6 heteroatoms. The van der Waals surface area contributed by atoms with Crippen molar-refractivity contribution < 1.29 is 9.90 Å². The Kier molecular flexibility index (Phi) is 2.40. The first kappa shape index (κ1) is 10.0. The molecule has 0 bridgehead atoms. The summed E-state index contributed by atoms with van der Waals surface area (Å²) in [7, 11) is 1.90. The van der Waals surface area contributed by atoms with E-state index in [4.69, 9.17) is 16.7 Å². The van der Waals surface area contributed by atoms with Gasteiger partial charge in [-0.05, 0) is 0 Å². The van der Waals surface area contributed by atoms with Crippen molar-refractivity contribution in [1.29, 1.82) is 0 Å². The second-order valence-electron chi connectivity index (χ2n) is 3.35. The summed E-state index contributed by atoms with van der Waals surface area (Å²) in [6.45, 7) is 1.10. The lowest BCUT2D eigenvalue weighted by atomic mass is 10.2. The molecule has 0 atom stereocenters. The fourth-order valence-electron chi connectivity index (χ4n) is 1.62. The molecule has 1 aliphatic rings. The van der Waals surface area contributed by atoms with Gasteiger partial charge in [-0.1, -0.05) is 11.6 Å². The third kappa shape index (κ3) is 1.70. The molecule has 2 heterocycles. The van der Waals surface area contributed by atoms with Crippen molar-refractivity contribution in [2.24, 2.45) is 0 Å². The van der Waals surface area contributed by atoms with Crippen molar-refractivity contribution in [3.05, 3.63) is 17.4 Å². The number of rotatable bonds is 0. The summed E-state index contributed by atoms with van der Waals surface area (Å²) in [6, 6.07) is 1.67. The molecule has 0 fully saturated rings. The average molecular weight is 228 g/mol. The van der Waals surface area contributed by atoms with Crippen LogP contribution in [0, 0.1) is 0 Å². The van der Waals surface area contributed by atoms with Gasteiger partial charge in [0.25, 0.3) is 0 Å². The molecule has 0 spiro atoms. The lowest BCUT2D eigenvalue weighted by Gasteiger charge is -2.33. The molecule has 0 radical (unpaired) electrons. The normalized spacial score (nSPS) is 15.1. The van der Waals surface area contributed by atoms with E-state index in [1.54, 1.807) is 6.07 Å². The summed E-state index contributed by atoms with van der Waals surface area (Å²) in [6.07, 6.45) is 0.523. The van der Waals surface area contributed by atoms with E-state index >= 15 is 0 Å². The topological polar surface area (TPSA) is 56.7 Å². The van der Waals surface area contributed by atoms with Gasteiger partial charge in [0.05, 0.1) is 17.6 Å². The smallest absolute Gasteiger partial charge is 0.411 e. The van der Waals surface area contributed by atoms with Crippen LogP contribution in [0.4, 0.5) is 16.2 Å². The van der Waals surface area contributed by atoms with Gasteiger partial charge in [0, 0.05) is 26.2 Å². The van der Waals surface area contributed by atoms with Gasteiger partial charge < -0.3 is 10.0 Å². The van der Waals surface area contributed by atoms with Crippen molar-refractivity contribution in [3.8, 4) is 0 Å². The predicted molar refractivity (Wildman–Crippen MR) is 57.9 cm³/mol. The number of halogens is 1. The van der Waals surface area contributed by atoms with Crippen molar-refractivity contribution in [3.63, 3.8) is 0 Å². The van der Waals surface area contributed by atoms with Crippen LogP contribution in [0.3, 0.4) is 0 Å². The molecule has 0 saturated carbocycles. The molecule has 15 heavy (non-hydrogen) atoms. The minimum Gasteiger partial charge on any atom is -0.465 e. The fraction of sp³-hybridized carbons (Fsp3) is 0.333. The molecule has 2 rings (SSSR count). The monoisotopic (exact) mass is 227 g/mol. The molecule has 0 unspecified atom stereocenters. The molecular formula is C9H10ClN3O2. The van der Waals surface area contributed by atoms with Gasteiger partial charge in [-0.25, -0.2) is 9.78 Å². The Hall–Kier alpha value is -1.49. The largest absolute Gasteiger partial charge is 0.465 e. The fourth-order valence-corrected chi connectivity index (χ4v) is 1.77. The highest BCUT2D eigenvalue weighted by Gasteiger charge is 2.25. The molecule has 5 nitrogen and oxygen atoms in total. The third-order valence-electron chi connectivity index (χ3n) is 2.42. The van der Waals surface area contributed by atoms with E-state index in [0.717, 1.165) is 5.69 Å². The van der Waals surface area contributed by atoms with Crippen LogP contribution >= 0.6 is 11.6 Å². The number of pyridine rings is 1. The number of carboxylic acid groups (broad SMARTS) is 1. The molecule has 0 aliphatic carbocycles. The number of hydrogen-bond acceptors (Lipinski definition) is 3. The molecule has 1 aliphatic heterocycles. The van der Waals surface area contributed by atoms with E-state index in [-0.39, 0.29) is 0 Å². The quantitative estimate of drug-likeness (QED) is 0.685. The Morgan fingerprint density at radius 1 is 1.53 bits per heavy atom. The number of likely N-dealkylation sites (N-methyl/N-ethyl adjacent to an activating group) is 1. The molecule has 0 saturated heterocycles. The summed E-state index contributed by atoms with van der Waals surface area (Å²) in [5.41, 5.74) is 1.38. The lowest BCUT2D eigenvalue weighted by molar-refractivity contribution is 0.201. The zero-order valence-electron chi connectivity index (χ0n) is 8.14. The maximum Gasteiger partial charge on any atom is 0.411 e. The zero-order chi connectivity index (χ0) is 11.0. The summed E-state index contributed by atoms with van der Waals surface area (Å²) in [4.78, 5) is 18.1. The van der Waals surface area contributed by atoms with Crippen LogP contribution < -0.4 is 9.80 Å². The lowest BCUT2D eigenvalue weighted by Crippen LogP contribution is -2.42. The van der Waals surface area contributed by atoms with Crippen molar-refractivity contribution >= 4 is 29.1 Å². The number of carbonyl (C=O) groups is 1. The maximum atomic E-state index is 11.0. The second kappa shape index (κ2) is 3.58. The minimum atomic E-state index is -0.964. The van der Waals surface area contributed by atoms with Crippen molar-refractivity contribution in [1.82, 2.24) is 4.98 Å². The van der Waals surface area contributed by atoms with Gasteiger partial charge >= 0.3 is 6.09 Å². The minimum absolute atomic E-state index is 0.368. The molecule has 1 aromatic rings. The first-order valence-electron chi connectivity index (χ1n) is 4.47. The van der Waals surface area contributed by atoms with E-state index in [2.05, 4.69) is 4.98 Å². The van der Waals surface area contributed by atoms with Gasteiger partial charge in [0.1, 0.15) is 5.15 Å². The molecule has 1 N–H and O–H groups in total. The average Bonchev–Trinajstić information content (AvgIpc) is 2.19. The van der Waals surface area contributed by atoms with Gasteiger partial charge in [0.2, 0.25) is 0 Å². The third-order valence-corrected chi connectivity index (χ3v) is 2.63. The van der Waals surface area contributed by atoms with Crippen LogP contribution in [0.2, 0.25) is 5.15 Å². The molecule has 1 amide bonds. The summed E-state index contributed by atoms with van der Waals surface area (Å²) in [5, 5.41) is 9.36. The summed E-state index contributed by atoms with van der Waals surface area (Å²) >= 11 is 5.77. The highest BCUT2D eigenvalue weighted by atomic mass is 35.5. The van der Waals surface area contributed by atoms with E-state index in [0.29, 0.717) is 23.9 Å². The highest BCUT2D eigenvalue weighted by Crippen LogP contribution is 2.32. The van der Waals surface area contributed by atoms with E-state index in [1.807, 2.05) is 11.9 Å². The second-order valence-corrected chi connectivity index (χ2v) is 3.74. The number of anilines is 2. The molecular weight excluding hydrogens is 218 g/mol. The number of nitrogens with zero attached hydrogens (tertiary/aromatic N) is 3. The SMILES string of the molecule is CN1CCN(C(=O)O)c2cnc(Cl)cc21. The summed E-state index contributed by atoms with van der Waals surface area (Å²) < 4.78 is 0. The van der Waals surface area contributed by atoms with Crippen molar-refractivity contribution in [2.75, 3.05) is 29.9 Å². The first-order valence-corrected chi connectivity index (χ1v) is 4.84. The van der Waals surface area contributed by atoms with Crippen LogP contribution in [-0.2, 0) is 0 Å². The number of fused-ring (bicyclic) bond motifs is 1. The maximum absolute atomic E-state index is 11.0. The predicted octanol–water partition coefficient (Wildman–Crippen LogP) is 1.67. The Balaban J connectivity index is 2.50. The number of aromatic nitrogens is 1. The Morgan fingerprint density at radius 2 is 2.27 bits per heavy atom. The van der Waals surface area contributed by atoms with Gasteiger partial charge in [-0.3, -0.25) is 4.90 Å². The van der Waals surface area contributed by atoms with Gasteiger partial charge in [-0.2, -0.15) is 0 Å². The number of amides is 1. The van der Waals surface area contributed by atoms with Crippen LogP contribution in [0.1, 0.15) is 0 Å². The highest BCUT2D eigenvalue weighted by molar-refractivity contribution is 6.29. The van der Waals surface area contributed by atoms with Gasteiger partial charge in [-0.15, -0.1) is 0 Å². The number of hydrogen-bond donors (Lipinski definition) is 1. The van der Waals surface area contributed by atoms with Crippen LogP contribution in [-0.4, -0.2) is 36.3 Å². The molecule has 0 aromatic carbocycles. The Labute approximate surface area is 91.9 Å². The van der Waals surface area contributed by atoms with Gasteiger partial charge in [0.15, 0.2) is 0 Å².